The largest absolute Gasteiger partial charge is 0.468 e. The number of nitrogens with zero attached hydrogens (tertiary/aromatic N) is 1. The molecule has 1 fully saturated rings. The fraction of sp³-hybridized carbons (Fsp3) is 0.385. The van der Waals surface area contributed by atoms with Crippen LogP contribution in [0.15, 0.2) is 23.7 Å². The standard InChI is InChI=1S/C13H14N2O2S/c1-17-12(16)13(5-3-6-13)11-14-8-9(15-11)10-4-2-7-18-10/h2,4,7-8H,3,5-6H2,1H3,(H,14,15). The first-order valence-electron chi connectivity index (χ1n) is 5.94. The Morgan fingerprint density at radius 1 is 1.56 bits per heavy atom. The minimum atomic E-state index is -0.537. The van der Waals surface area contributed by atoms with Gasteiger partial charge in [0, 0.05) is 0 Å². The Labute approximate surface area is 109 Å². The molecule has 2 heterocycles. The number of hydrogen-bond donors (Lipinski definition) is 1. The van der Waals surface area contributed by atoms with E-state index in [1.54, 1.807) is 17.5 Å². The zero-order valence-corrected chi connectivity index (χ0v) is 10.9. The minimum absolute atomic E-state index is 0.180. The summed E-state index contributed by atoms with van der Waals surface area (Å²) in [4.78, 5) is 20.7. The normalized spacial score (nSPS) is 17.2. The molecular weight excluding hydrogens is 248 g/mol. The SMILES string of the molecule is COC(=O)C1(c2ncc(-c3cccs3)[nH]2)CCC1. The van der Waals surface area contributed by atoms with Gasteiger partial charge in [-0.3, -0.25) is 4.79 Å². The Kier molecular flexibility index (Phi) is 2.70. The van der Waals surface area contributed by atoms with Crippen LogP contribution in [0, 0.1) is 0 Å². The van der Waals surface area contributed by atoms with Crippen LogP contribution in [0.25, 0.3) is 10.6 Å². The zero-order valence-electron chi connectivity index (χ0n) is 10.1. The number of esters is 1. The van der Waals surface area contributed by atoms with Gasteiger partial charge < -0.3 is 9.72 Å². The Bertz CT molecular complexity index is 555. The Morgan fingerprint density at radius 3 is 2.94 bits per heavy atom. The summed E-state index contributed by atoms with van der Waals surface area (Å²) < 4.78 is 4.92. The summed E-state index contributed by atoms with van der Waals surface area (Å²) in [5.41, 5.74) is 0.430. The maximum absolute atomic E-state index is 11.9. The van der Waals surface area contributed by atoms with Crippen molar-refractivity contribution in [1.82, 2.24) is 9.97 Å². The lowest BCUT2D eigenvalue weighted by Gasteiger charge is -2.36. The molecule has 0 aliphatic heterocycles. The lowest BCUT2D eigenvalue weighted by Crippen LogP contribution is -2.44. The van der Waals surface area contributed by atoms with E-state index in [1.165, 1.54) is 7.11 Å². The average Bonchev–Trinajstić information content (AvgIpc) is 2.97. The fourth-order valence-corrected chi connectivity index (χ4v) is 3.08. The summed E-state index contributed by atoms with van der Waals surface area (Å²) in [6, 6.07) is 4.04. The number of nitrogens with one attached hydrogen (secondary N) is 1. The number of aromatic nitrogens is 2. The second-order valence-corrected chi connectivity index (χ2v) is 5.50. The zero-order chi connectivity index (χ0) is 12.6. The van der Waals surface area contributed by atoms with Crippen molar-refractivity contribution in [3.63, 3.8) is 0 Å². The highest BCUT2D eigenvalue weighted by atomic mass is 32.1. The first-order chi connectivity index (χ1) is 8.76. The first kappa shape index (κ1) is 11.5. The van der Waals surface area contributed by atoms with Crippen LogP contribution in [-0.2, 0) is 14.9 Å². The highest BCUT2D eigenvalue weighted by molar-refractivity contribution is 7.13. The van der Waals surface area contributed by atoms with Crippen molar-refractivity contribution in [1.29, 1.82) is 0 Å². The first-order valence-corrected chi connectivity index (χ1v) is 6.82. The van der Waals surface area contributed by atoms with Gasteiger partial charge in [-0.15, -0.1) is 11.3 Å². The van der Waals surface area contributed by atoms with E-state index in [4.69, 9.17) is 4.74 Å². The molecule has 0 amide bonds. The molecule has 4 nitrogen and oxygen atoms in total. The summed E-state index contributed by atoms with van der Waals surface area (Å²) in [5.74, 6) is 0.560. The van der Waals surface area contributed by atoms with Crippen LogP contribution in [0.5, 0.6) is 0 Å². The van der Waals surface area contributed by atoms with Crippen molar-refractivity contribution in [2.24, 2.45) is 0 Å². The summed E-state index contributed by atoms with van der Waals surface area (Å²) in [6.07, 6.45) is 4.47. The third-order valence-electron chi connectivity index (χ3n) is 3.60. The van der Waals surface area contributed by atoms with E-state index < -0.39 is 5.41 Å². The maximum atomic E-state index is 11.9. The van der Waals surface area contributed by atoms with E-state index in [1.807, 2.05) is 17.5 Å². The molecular formula is C13H14N2O2S. The number of ether oxygens (including phenoxy) is 1. The number of carbonyl (C=O) groups excluding carboxylic acids is 1. The second-order valence-electron chi connectivity index (χ2n) is 4.55. The van der Waals surface area contributed by atoms with Gasteiger partial charge in [0.1, 0.15) is 11.2 Å². The Hall–Kier alpha value is -1.62. The molecule has 3 rings (SSSR count). The molecule has 2 aromatic heterocycles. The predicted molar refractivity (Wildman–Crippen MR) is 69.4 cm³/mol. The molecule has 0 saturated heterocycles. The number of imidazole rings is 1. The van der Waals surface area contributed by atoms with Gasteiger partial charge in [-0.05, 0) is 24.3 Å². The van der Waals surface area contributed by atoms with Gasteiger partial charge in [-0.25, -0.2) is 4.98 Å². The van der Waals surface area contributed by atoms with Crippen molar-refractivity contribution < 1.29 is 9.53 Å². The van der Waals surface area contributed by atoms with Gasteiger partial charge in [0.25, 0.3) is 0 Å². The van der Waals surface area contributed by atoms with Crippen LogP contribution in [0.3, 0.4) is 0 Å². The lowest BCUT2D eigenvalue weighted by atomic mass is 9.68. The summed E-state index contributed by atoms with van der Waals surface area (Å²) in [5, 5.41) is 2.02. The highest BCUT2D eigenvalue weighted by Gasteiger charge is 2.49. The van der Waals surface area contributed by atoms with Crippen molar-refractivity contribution >= 4 is 17.3 Å². The monoisotopic (exact) mass is 262 g/mol. The van der Waals surface area contributed by atoms with Crippen LogP contribution in [0.4, 0.5) is 0 Å². The second kappa shape index (κ2) is 4.24. The van der Waals surface area contributed by atoms with Crippen molar-refractivity contribution in [2.45, 2.75) is 24.7 Å². The van der Waals surface area contributed by atoms with Gasteiger partial charge in [0.2, 0.25) is 0 Å². The van der Waals surface area contributed by atoms with Crippen molar-refractivity contribution in [3.8, 4) is 10.6 Å². The summed E-state index contributed by atoms with van der Waals surface area (Å²) in [6.45, 7) is 0. The van der Waals surface area contributed by atoms with Crippen LogP contribution in [-0.4, -0.2) is 23.0 Å². The van der Waals surface area contributed by atoms with Crippen molar-refractivity contribution in [2.75, 3.05) is 7.11 Å². The molecule has 2 aromatic rings. The molecule has 1 aliphatic carbocycles. The van der Waals surface area contributed by atoms with E-state index in [2.05, 4.69) is 9.97 Å². The predicted octanol–water partition coefficient (Wildman–Crippen LogP) is 2.73. The molecule has 1 aliphatic rings. The molecule has 0 radical (unpaired) electrons. The average molecular weight is 262 g/mol. The number of aromatic amines is 1. The number of thiophene rings is 1. The number of hydrogen-bond acceptors (Lipinski definition) is 4. The number of methoxy groups -OCH3 is 1. The van der Waals surface area contributed by atoms with E-state index >= 15 is 0 Å². The van der Waals surface area contributed by atoms with Crippen LogP contribution < -0.4 is 0 Å². The lowest BCUT2D eigenvalue weighted by molar-refractivity contribution is -0.151. The van der Waals surface area contributed by atoms with Crippen LogP contribution in [0.1, 0.15) is 25.1 Å². The van der Waals surface area contributed by atoms with E-state index in [9.17, 15) is 4.79 Å². The third-order valence-corrected chi connectivity index (χ3v) is 4.50. The molecule has 18 heavy (non-hydrogen) atoms. The molecule has 1 saturated carbocycles. The fourth-order valence-electron chi connectivity index (χ4n) is 2.38. The topological polar surface area (TPSA) is 55.0 Å². The molecule has 1 N–H and O–H groups in total. The Balaban J connectivity index is 1.95. The molecule has 0 atom stereocenters. The number of carbonyl (C=O) groups is 1. The number of H-pyrrole nitrogens is 1. The van der Waals surface area contributed by atoms with E-state index in [-0.39, 0.29) is 5.97 Å². The number of rotatable bonds is 3. The van der Waals surface area contributed by atoms with Crippen molar-refractivity contribution in [3.05, 3.63) is 29.5 Å². The smallest absolute Gasteiger partial charge is 0.319 e. The molecule has 0 bridgehead atoms. The van der Waals surface area contributed by atoms with Gasteiger partial charge in [-0.1, -0.05) is 12.5 Å². The van der Waals surface area contributed by atoms with Gasteiger partial charge in [0.15, 0.2) is 0 Å². The molecule has 5 heteroatoms. The third kappa shape index (κ3) is 1.58. The molecule has 0 unspecified atom stereocenters. The molecule has 0 spiro atoms. The minimum Gasteiger partial charge on any atom is -0.468 e. The van der Waals surface area contributed by atoms with Gasteiger partial charge in [-0.2, -0.15) is 0 Å². The maximum Gasteiger partial charge on any atom is 0.319 e. The van der Waals surface area contributed by atoms with E-state index in [0.29, 0.717) is 0 Å². The molecule has 0 aromatic carbocycles. The van der Waals surface area contributed by atoms with E-state index in [0.717, 1.165) is 35.7 Å². The highest BCUT2D eigenvalue weighted by Crippen LogP contribution is 2.43. The molecule has 94 valence electrons. The van der Waals surface area contributed by atoms with Crippen LogP contribution in [0.2, 0.25) is 0 Å². The van der Waals surface area contributed by atoms with Crippen LogP contribution >= 0.6 is 11.3 Å². The van der Waals surface area contributed by atoms with Gasteiger partial charge in [0.05, 0.1) is 23.9 Å². The summed E-state index contributed by atoms with van der Waals surface area (Å²) >= 11 is 1.65. The summed E-state index contributed by atoms with van der Waals surface area (Å²) in [7, 11) is 1.44. The quantitative estimate of drug-likeness (QED) is 0.865. The Morgan fingerprint density at radius 2 is 2.39 bits per heavy atom. The van der Waals surface area contributed by atoms with Gasteiger partial charge >= 0.3 is 5.97 Å².